The Hall–Kier alpha value is -2.15. The Balaban J connectivity index is 1.93. The van der Waals surface area contributed by atoms with E-state index in [1.54, 1.807) is 6.20 Å². The van der Waals surface area contributed by atoms with Crippen LogP contribution in [0.15, 0.2) is 24.5 Å². The second kappa shape index (κ2) is 11.1. The van der Waals surface area contributed by atoms with Gasteiger partial charge in [0.05, 0.1) is 0 Å². The fourth-order valence-electron chi connectivity index (χ4n) is 3.86. The first-order valence-corrected chi connectivity index (χ1v) is 10.6. The lowest BCUT2D eigenvalue weighted by Gasteiger charge is -2.35. The van der Waals surface area contributed by atoms with E-state index >= 15 is 0 Å². The molecule has 0 radical (unpaired) electrons. The van der Waals surface area contributed by atoms with Crippen molar-refractivity contribution in [3.63, 3.8) is 0 Å². The second-order valence-corrected chi connectivity index (χ2v) is 9.09. The number of likely N-dealkylation sites (tertiary alicyclic amines) is 1. The van der Waals surface area contributed by atoms with Crippen molar-refractivity contribution in [1.29, 1.82) is 0 Å². The number of carbonyl (C=O) groups excluding carboxylic acids is 2. The molecule has 1 fully saturated rings. The molecule has 0 aliphatic carbocycles. The summed E-state index contributed by atoms with van der Waals surface area (Å²) in [7, 11) is 0. The molecule has 2 rings (SSSR count). The molecule has 7 nitrogen and oxygen atoms in total. The van der Waals surface area contributed by atoms with E-state index in [4.69, 9.17) is 10.5 Å². The van der Waals surface area contributed by atoms with E-state index in [1.807, 2.05) is 33.0 Å². The molecule has 3 N–H and O–H groups in total. The zero-order chi connectivity index (χ0) is 21.3. The lowest BCUT2D eigenvalue weighted by Crippen LogP contribution is -2.43. The number of hydrogen-bond acceptors (Lipinski definition) is 5. The number of carbonyl (C=O) groups is 2. The van der Waals surface area contributed by atoms with Crippen LogP contribution in [0.1, 0.15) is 52.0 Å². The highest BCUT2D eigenvalue weighted by atomic mass is 16.6. The Bertz CT molecular complexity index is 645. The molecule has 1 aliphatic rings. The van der Waals surface area contributed by atoms with Crippen LogP contribution in [0.3, 0.4) is 0 Å². The summed E-state index contributed by atoms with van der Waals surface area (Å²) < 4.78 is 5.38. The van der Waals surface area contributed by atoms with Crippen LogP contribution in [0.4, 0.5) is 4.79 Å². The number of aromatic nitrogens is 1. The van der Waals surface area contributed by atoms with Gasteiger partial charge in [-0.05, 0) is 76.5 Å². The molecule has 7 heteroatoms. The van der Waals surface area contributed by atoms with Crippen molar-refractivity contribution in [3.8, 4) is 0 Å². The quantitative estimate of drug-likeness (QED) is 0.659. The molecule has 0 aromatic carbocycles. The number of primary amides is 1. The number of amides is 2. The van der Waals surface area contributed by atoms with Crippen molar-refractivity contribution in [1.82, 2.24) is 15.2 Å². The Morgan fingerprint density at radius 2 is 2.21 bits per heavy atom. The largest absolute Gasteiger partial charge is 0.444 e. The van der Waals surface area contributed by atoms with Crippen LogP contribution in [0, 0.1) is 11.8 Å². The van der Waals surface area contributed by atoms with Crippen LogP contribution in [-0.4, -0.2) is 53.7 Å². The molecular formula is C22H36N4O3. The van der Waals surface area contributed by atoms with Gasteiger partial charge in [-0.2, -0.15) is 0 Å². The number of piperidine rings is 1. The molecular weight excluding hydrogens is 368 g/mol. The molecule has 0 spiro atoms. The second-order valence-electron chi connectivity index (χ2n) is 9.09. The number of rotatable bonds is 9. The molecule has 2 heterocycles. The SMILES string of the molecule is CC(C)(C)OC(=O)NC[C@H](Cc1cccnc1)CN1CCC[C@H](CCC(N)=O)C1. The van der Waals surface area contributed by atoms with E-state index in [2.05, 4.69) is 21.3 Å². The summed E-state index contributed by atoms with van der Waals surface area (Å²) in [4.78, 5) is 29.9. The minimum absolute atomic E-state index is 0.224. The summed E-state index contributed by atoms with van der Waals surface area (Å²) in [5.41, 5.74) is 5.96. The van der Waals surface area contributed by atoms with E-state index in [0.717, 1.165) is 50.9 Å². The molecule has 1 aliphatic heterocycles. The van der Waals surface area contributed by atoms with Gasteiger partial charge in [0.15, 0.2) is 0 Å². The molecule has 2 amide bonds. The van der Waals surface area contributed by atoms with Crippen LogP contribution in [0.2, 0.25) is 0 Å². The lowest BCUT2D eigenvalue weighted by molar-refractivity contribution is -0.118. The standard InChI is InChI=1S/C22H36N4O3/c1-22(2,3)29-21(28)25-14-19(12-18-6-4-10-24-13-18)16-26-11-5-7-17(15-26)8-9-20(23)27/h4,6,10,13,17,19H,5,7-9,11-12,14-16H2,1-3H3,(H2,23,27)(H,25,28)/t17-,19+/m1/s1. The van der Waals surface area contributed by atoms with Gasteiger partial charge in [0, 0.05) is 38.4 Å². The molecule has 1 aromatic heterocycles. The van der Waals surface area contributed by atoms with E-state index in [1.165, 1.54) is 0 Å². The van der Waals surface area contributed by atoms with Gasteiger partial charge >= 0.3 is 6.09 Å². The van der Waals surface area contributed by atoms with Gasteiger partial charge in [-0.3, -0.25) is 9.78 Å². The Morgan fingerprint density at radius 1 is 1.41 bits per heavy atom. The van der Waals surface area contributed by atoms with E-state index < -0.39 is 5.60 Å². The molecule has 0 bridgehead atoms. The van der Waals surface area contributed by atoms with Crippen molar-refractivity contribution in [2.75, 3.05) is 26.2 Å². The van der Waals surface area contributed by atoms with Crippen LogP contribution in [0.25, 0.3) is 0 Å². The first kappa shape index (κ1) is 23.1. The molecule has 1 aromatic rings. The number of pyridine rings is 1. The maximum Gasteiger partial charge on any atom is 0.407 e. The Labute approximate surface area is 174 Å². The Morgan fingerprint density at radius 3 is 2.86 bits per heavy atom. The van der Waals surface area contributed by atoms with Gasteiger partial charge in [0.2, 0.25) is 5.91 Å². The lowest BCUT2D eigenvalue weighted by atomic mass is 9.91. The minimum Gasteiger partial charge on any atom is -0.444 e. The van der Waals surface area contributed by atoms with Crippen LogP contribution >= 0.6 is 0 Å². The number of ether oxygens (including phenoxy) is 1. The van der Waals surface area contributed by atoms with Gasteiger partial charge in [-0.15, -0.1) is 0 Å². The first-order chi connectivity index (χ1) is 13.7. The smallest absolute Gasteiger partial charge is 0.407 e. The van der Waals surface area contributed by atoms with E-state index in [0.29, 0.717) is 18.9 Å². The monoisotopic (exact) mass is 404 g/mol. The molecule has 1 saturated heterocycles. The summed E-state index contributed by atoms with van der Waals surface area (Å²) in [5.74, 6) is 0.536. The van der Waals surface area contributed by atoms with Crippen molar-refractivity contribution < 1.29 is 14.3 Å². The van der Waals surface area contributed by atoms with Crippen LogP contribution in [0.5, 0.6) is 0 Å². The highest BCUT2D eigenvalue weighted by Gasteiger charge is 2.24. The maximum atomic E-state index is 12.1. The number of hydrogen-bond donors (Lipinski definition) is 2. The van der Waals surface area contributed by atoms with Crippen molar-refractivity contribution in [2.24, 2.45) is 17.6 Å². The van der Waals surface area contributed by atoms with Crippen LogP contribution in [-0.2, 0) is 16.0 Å². The first-order valence-electron chi connectivity index (χ1n) is 10.6. The van der Waals surface area contributed by atoms with Crippen LogP contribution < -0.4 is 11.1 Å². The van der Waals surface area contributed by atoms with E-state index in [-0.39, 0.29) is 17.9 Å². The fraction of sp³-hybridized carbons (Fsp3) is 0.682. The summed E-state index contributed by atoms with van der Waals surface area (Å²) in [6, 6.07) is 4.01. The maximum absolute atomic E-state index is 12.1. The van der Waals surface area contributed by atoms with E-state index in [9.17, 15) is 9.59 Å². The predicted octanol–water partition coefficient (Wildman–Crippen LogP) is 2.74. The van der Waals surface area contributed by atoms with Gasteiger partial charge in [-0.1, -0.05) is 6.07 Å². The number of alkyl carbamates (subject to hydrolysis) is 1. The summed E-state index contributed by atoms with van der Waals surface area (Å²) in [5, 5.41) is 2.93. The van der Waals surface area contributed by atoms with Gasteiger partial charge in [-0.25, -0.2) is 4.79 Å². The molecule has 0 saturated carbocycles. The van der Waals surface area contributed by atoms with Crippen molar-refractivity contribution in [3.05, 3.63) is 30.1 Å². The summed E-state index contributed by atoms with van der Waals surface area (Å²) in [6.45, 7) is 9.04. The third-order valence-electron chi connectivity index (χ3n) is 5.10. The average molecular weight is 405 g/mol. The number of nitrogens with zero attached hydrogens (tertiary/aromatic N) is 2. The topological polar surface area (TPSA) is 97.6 Å². The summed E-state index contributed by atoms with van der Waals surface area (Å²) in [6.07, 6.45) is 7.69. The zero-order valence-corrected chi connectivity index (χ0v) is 18.0. The van der Waals surface area contributed by atoms with Crippen molar-refractivity contribution >= 4 is 12.0 Å². The fourth-order valence-corrected chi connectivity index (χ4v) is 3.86. The zero-order valence-electron chi connectivity index (χ0n) is 18.0. The predicted molar refractivity (Wildman–Crippen MR) is 113 cm³/mol. The highest BCUT2D eigenvalue weighted by molar-refractivity contribution is 5.73. The Kier molecular flexibility index (Phi) is 8.89. The number of nitrogens with one attached hydrogen (secondary N) is 1. The molecule has 29 heavy (non-hydrogen) atoms. The minimum atomic E-state index is -0.510. The van der Waals surface area contributed by atoms with Gasteiger partial charge in [0.1, 0.15) is 5.60 Å². The highest BCUT2D eigenvalue weighted by Crippen LogP contribution is 2.22. The van der Waals surface area contributed by atoms with Gasteiger partial charge in [0.25, 0.3) is 0 Å². The molecule has 0 unspecified atom stereocenters. The summed E-state index contributed by atoms with van der Waals surface area (Å²) >= 11 is 0. The normalized spacial score (nSPS) is 18.8. The number of nitrogens with two attached hydrogens (primary N) is 1. The van der Waals surface area contributed by atoms with Crippen molar-refractivity contribution in [2.45, 2.75) is 58.5 Å². The molecule has 162 valence electrons. The van der Waals surface area contributed by atoms with Gasteiger partial charge < -0.3 is 20.7 Å². The molecule has 2 atom stereocenters. The third kappa shape index (κ3) is 9.74. The average Bonchev–Trinajstić information content (AvgIpc) is 2.64. The third-order valence-corrected chi connectivity index (χ3v) is 5.10.